The van der Waals surface area contributed by atoms with Crippen molar-refractivity contribution in [2.75, 3.05) is 24.6 Å². The van der Waals surface area contributed by atoms with E-state index in [0.717, 1.165) is 25.9 Å². The number of benzene rings is 2. The molecule has 27 heavy (non-hydrogen) atoms. The van der Waals surface area contributed by atoms with Crippen molar-refractivity contribution in [3.63, 3.8) is 0 Å². The second-order valence-electron chi connectivity index (χ2n) is 7.48. The van der Waals surface area contributed by atoms with Gasteiger partial charge in [-0.2, -0.15) is 0 Å². The fraction of sp³-hybridized carbons (Fsp3) is 0.409. The molecule has 0 radical (unpaired) electrons. The Morgan fingerprint density at radius 1 is 1.07 bits per heavy atom. The van der Waals surface area contributed by atoms with Gasteiger partial charge in [0.15, 0.2) is 0 Å². The predicted octanol–water partition coefficient (Wildman–Crippen LogP) is 2.78. The smallest absolute Gasteiger partial charge is 0.318 e. The van der Waals surface area contributed by atoms with Gasteiger partial charge in [-0.05, 0) is 42.5 Å². The summed E-state index contributed by atoms with van der Waals surface area (Å²) in [6.45, 7) is 2.51. The Balaban J connectivity index is 1.41. The number of carbonyl (C=O) groups is 1. The van der Waals surface area contributed by atoms with Crippen LogP contribution in [0.4, 0.5) is 10.5 Å². The molecule has 5 nitrogen and oxygen atoms in total. The van der Waals surface area contributed by atoms with E-state index >= 15 is 0 Å². The Morgan fingerprint density at radius 2 is 1.81 bits per heavy atom. The molecule has 5 heteroatoms. The van der Waals surface area contributed by atoms with Gasteiger partial charge >= 0.3 is 6.03 Å². The van der Waals surface area contributed by atoms with Gasteiger partial charge in [-0.15, -0.1) is 0 Å². The Kier molecular flexibility index (Phi) is 5.30. The number of urea groups is 1. The summed E-state index contributed by atoms with van der Waals surface area (Å²) < 4.78 is 0. The average Bonchev–Trinajstić information content (AvgIpc) is 3.17. The Bertz CT molecular complexity index is 780. The number of amides is 2. The molecule has 2 N–H and O–H groups in total. The number of hydrogen-bond acceptors (Lipinski definition) is 3. The van der Waals surface area contributed by atoms with Crippen molar-refractivity contribution in [3.05, 3.63) is 65.7 Å². The molecule has 2 unspecified atom stereocenters. The lowest BCUT2D eigenvalue weighted by Gasteiger charge is -2.37. The number of fused-ring (bicyclic) bond motifs is 1. The standard InChI is InChI=1S/C22H27N3O2/c26-13-11-21-14-17-6-4-5-7-18(17)15-25(21)22(27)23-19-10-12-24(16-19)20-8-2-1-3-9-20/h1-9,19,21,26H,10-16H2,(H,23,27). The van der Waals surface area contributed by atoms with Crippen molar-refractivity contribution in [1.82, 2.24) is 10.2 Å². The summed E-state index contributed by atoms with van der Waals surface area (Å²) in [7, 11) is 0. The van der Waals surface area contributed by atoms with Crippen molar-refractivity contribution < 1.29 is 9.90 Å². The lowest BCUT2D eigenvalue weighted by molar-refractivity contribution is 0.142. The molecule has 4 rings (SSSR count). The molecule has 0 aromatic heterocycles. The fourth-order valence-electron chi connectivity index (χ4n) is 4.24. The van der Waals surface area contributed by atoms with Gasteiger partial charge in [0, 0.05) is 44.0 Å². The number of hydrogen-bond donors (Lipinski definition) is 2. The lowest BCUT2D eigenvalue weighted by atomic mass is 9.92. The van der Waals surface area contributed by atoms with Gasteiger partial charge in [0.1, 0.15) is 0 Å². The van der Waals surface area contributed by atoms with Crippen LogP contribution < -0.4 is 10.2 Å². The molecule has 2 atom stereocenters. The minimum Gasteiger partial charge on any atom is -0.396 e. The average molecular weight is 365 g/mol. The first-order valence-corrected chi connectivity index (χ1v) is 9.79. The molecule has 2 amide bonds. The molecule has 2 aliphatic heterocycles. The zero-order valence-corrected chi connectivity index (χ0v) is 15.6. The third kappa shape index (κ3) is 3.93. The highest BCUT2D eigenvalue weighted by Crippen LogP contribution is 2.26. The Hall–Kier alpha value is -2.53. The third-order valence-electron chi connectivity index (χ3n) is 5.72. The number of nitrogens with one attached hydrogen (secondary N) is 1. The minimum absolute atomic E-state index is 0.0112. The number of aliphatic hydroxyl groups is 1. The van der Waals surface area contributed by atoms with Crippen molar-refractivity contribution in [3.8, 4) is 0 Å². The number of anilines is 1. The molecule has 2 aromatic rings. The van der Waals surface area contributed by atoms with Gasteiger partial charge in [0.05, 0.1) is 0 Å². The van der Waals surface area contributed by atoms with Crippen LogP contribution in [0.1, 0.15) is 24.0 Å². The van der Waals surface area contributed by atoms with Crippen LogP contribution in [0.3, 0.4) is 0 Å². The van der Waals surface area contributed by atoms with Crippen LogP contribution in [0.2, 0.25) is 0 Å². The molecular weight excluding hydrogens is 338 g/mol. The molecule has 142 valence electrons. The topological polar surface area (TPSA) is 55.8 Å². The summed E-state index contributed by atoms with van der Waals surface area (Å²) in [5.41, 5.74) is 3.70. The van der Waals surface area contributed by atoms with E-state index in [1.165, 1.54) is 16.8 Å². The van der Waals surface area contributed by atoms with Crippen LogP contribution in [-0.4, -0.2) is 47.8 Å². The molecule has 1 saturated heterocycles. The summed E-state index contributed by atoms with van der Waals surface area (Å²) in [6.07, 6.45) is 2.38. The second kappa shape index (κ2) is 8.01. The van der Waals surface area contributed by atoms with Crippen molar-refractivity contribution in [2.24, 2.45) is 0 Å². The molecule has 1 fully saturated rings. The maximum Gasteiger partial charge on any atom is 0.318 e. The fourth-order valence-corrected chi connectivity index (χ4v) is 4.24. The first kappa shape index (κ1) is 17.9. The van der Waals surface area contributed by atoms with Crippen LogP contribution in [0.5, 0.6) is 0 Å². The molecule has 0 saturated carbocycles. The SMILES string of the molecule is O=C(NC1CCN(c2ccccc2)C1)N1Cc2ccccc2CC1CCO. The van der Waals surface area contributed by atoms with Gasteiger partial charge in [-0.1, -0.05) is 42.5 Å². The summed E-state index contributed by atoms with van der Waals surface area (Å²) in [5, 5.41) is 12.7. The normalized spacial score (nSPS) is 21.8. The predicted molar refractivity (Wildman–Crippen MR) is 107 cm³/mol. The molecule has 2 heterocycles. The first-order valence-electron chi connectivity index (χ1n) is 9.79. The minimum atomic E-state index is -0.0112. The highest BCUT2D eigenvalue weighted by Gasteiger charge is 2.32. The van der Waals surface area contributed by atoms with Gasteiger partial charge < -0.3 is 20.2 Å². The van der Waals surface area contributed by atoms with Crippen LogP contribution in [-0.2, 0) is 13.0 Å². The van der Waals surface area contributed by atoms with E-state index in [0.29, 0.717) is 13.0 Å². The third-order valence-corrected chi connectivity index (χ3v) is 5.72. The maximum absolute atomic E-state index is 13.0. The quantitative estimate of drug-likeness (QED) is 0.876. The molecule has 0 spiro atoms. The lowest BCUT2D eigenvalue weighted by Crippen LogP contribution is -2.52. The van der Waals surface area contributed by atoms with Gasteiger partial charge in [-0.25, -0.2) is 4.79 Å². The molecule has 2 aromatic carbocycles. The summed E-state index contributed by atoms with van der Waals surface area (Å²) in [4.78, 5) is 17.2. The van der Waals surface area contributed by atoms with Gasteiger partial charge in [-0.3, -0.25) is 0 Å². The number of aliphatic hydroxyl groups excluding tert-OH is 1. The molecule has 0 aliphatic carbocycles. The maximum atomic E-state index is 13.0. The summed E-state index contributed by atoms with van der Waals surface area (Å²) in [5.74, 6) is 0. The van der Waals surface area contributed by atoms with Crippen molar-refractivity contribution in [2.45, 2.75) is 37.9 Å². The van der Waals surface area contributed by atoms with E-state index < -0.39 is 0 Å². The zero-order valence-electron chi connectivity index (χ0n) is 15.6. The van der Waals surface area contributed by atoms with E-state index in [1.807, 2.05) is 35.2 Å². The Morgan fingerprint density at radius 3 is 2.59 bits per heavy atom. The first-order chi connectivity index (χ1) is 13.2. The van der Waals surface area contributed by atoms with Crippen molar-refractivity contribution >= 4 is 11.7 Å². The highest BCUT2D eigenvalue weighted by atomic mass is 16.3. The van der Waals surface area contributed by atoms with E-state index in [4.69, 9.17) is 0 Å². The molecular formula is C22H27N3O2. The van der Waals surface area contributed by atoms with E-state index in [-0.39, 0.29) is 24.7 Å². The van der Waals surface area contributed by atoms with Crippen LogP contribution in [0, 0.1) is 0 Å². The monoisotopic (exact) mass is 365 g/mol. The van der Waals surface area contributed by atoms with E-state index in [9.17, 15) is 9.90 Å². The molecule has 0 bridgehead atoms. The van der Waals surface area contributed by atoms with E-state index in [2.05, 4.69) is 34.5 Å². The summed E-state index contributed by atoms with van der Waals surface area (Å²) >= 11 is 0. The van der Waals surface area contributed by atoms with Crippen LogP contribution in [0.15, 0.2) is 54.6 Å². The number of carbonyl (C=O) groups excluding carboxylic acids is 1. The van der Waals surface area contributed by atoms with Crippen molar-refractivity contribution in [1.29, 1.82) is 0 Å². The second-order valence-corrected chi connectivity index (χ2v) is 7.48. The number of nitrogens with zero attached hydrogens (tertiary/aromatic N) is 2. The number of rotatable bonds is 4. The summed E-state index contributed by atoms with van der Waals surface area (Å²) in [6, 6.07) is 18.8. The van der Waals surface area contributed by atoms with Crippen LogP contribution >= 0.6 is 0 Å². The largest absolute Gasteiger partial charge is 0.396 e. The highest BCUT2D eigenvalue weighted by molar-refractivity contribution is 5.75. The molecule has 2 aliphatic rings. The Labute approximate surface area is 160 Å². The van der Waals surface area contributed by atoms with Gasteiger partial charge in [0.2, 0.25) is 0 Å². The number of para-hydroxylation sites is 1. The van der Waals surface area contributed by atoms with Crippen LogP contribution in [0.25, 0.3) is 0 Å². The van der Waals surface area contributed by atoms with E-state index in [1.54, 1.807) is 0 Å². The zero-order chi connectivity index (χ0) is 18.6. The van der Waals surface area contributed by atoms with Gasteiger partial charge in [0.25, 0.3) is 0 Å².